The molecule has 0 aromatic heterocycles. The molecule has 2 rings (SSSR count). The number of hydrogen-bond donors (Lipinski definition) is 2. The van der Waals surface area contributed by atoms with Gasteiger partial charge in [-0.2, -0.15) is 0 Å². The van der Waals surface area contributed by atoms with Crippen molar-refractivity contribution < 1.29 is 0 Å². The van der Waals surface area contributed by atoms with E-state index in [4.69, 9.17) is 0 Å². The highest BCUT2D eigenvalue weighted by atomic mass is 15.1. The number of nitrogens with one attached hydrogen (secondary N) is 2. The van der Waals surface area contributed by atoms with E-state index < -0.39 is 0 Å². The lowest BCUT2D eigenvalue weighted by atomic mass is 9.98. The molecule has 1 fully saturated rings. The van der Waals surface area contributed by atoms with Crippen molar-refractivity contribution in [3.05, 3.63) is 24.3 Å². The molecule has 1 aliphatic rings. The van der Waals surface area contributed by atoms with Crippen molar-refractivity contribution in [3.63, 3.8) is 0 Å². The molecule has 2 unspecified atom stereocenters. The minimum atomic E-state index is 0.514. The molecule has 0 bridgehead atoms. The normalized spacial score (nSPS) is 20.0. The van der Waals surface area contributed by atoms with Crippen LogP contribution in [0.2, 0.25) is 0 Å². The first-order valence-corrected chi connectivity index (χ1v) is 8.57. The zero-order valence-electron chi connectivity index (χ0n) is 13.9. The second-order valence-electron chi connectivity index (χ2n) is 6.15. The summed E-state index contributed by atoms with van der Waals surface area (Å²) in [7, 11) is 0. The maximum atomic E-state index is 3.63. The van der Waals surface area contributed by atoms with Gasteiger partial charge in [0.25, 0.3) is 0 Å². The van der Waals surface area contributed by atoms with Crippen LogP contribution in [0.1, 0.15) is 46.5 Å². The first-order valence-electron chi connectivity index (χ1n) is 8.57. The van der Waals surface area contributed by atoms with E-state index in [0.29, 0.717) is 12.1 Å². The standard InChI is InChI=1S/C18H31N3/c1-4-21(5-2)18-11-9-16(10-12-18)20-15(3)14-17-8-6-7-13-19-17/h9-12,15,17,19-20H,4-8,13-14H2,1-3H3. The van der Waals surface area contributed by atoms with Gasteiger partial charge >= 0.3 is 0 Å². The van der Waals surface area contributed by atoms with Crippen LogP contribution in [0.3, 0.4) is 0 Å². The molecule has 21 heavy (non-hydrogen) atoms. The first kappa shape index (κ1) is 16.2. The average Bonchev–Trinajstić information content (AvgIpc) is 2.51. The first-order chi connectivity index (χ1) is 10.2. The molecule has 0 radical (unpaired) electrons. The van der Waals surface area contributed by atoms with Crippen LogP contribution >= 0.6 is 0 Å². The summed E-state index contributed by atoms with van der Waals surface area (Å²) in [5, 5.41) is 7.26. The second-order valence-corrected chi connectivity index (χ2v) is 6.15. The zero-order chi connectivity index (χ0) is 15.1. The van der Waals surface area contributed by atoms with E-state index in [-0.39, 0.29) is 0 Å². The lowest BCUT2D eigenvalue weighted by molar-refractivity contribution is 0.371. The summed E-state index contributed by atoms with van der Waals surface area (Å²) in [6.07, 6.45) is 5.25. The van der Waals surface area contributed by atoms with Gasteiger partial charge in [0, 0.05) is 36.5 Å². The van der Waals surface area contributed by atoms with Crippen molar-refractivity contribution in [2.45, 2.75) is 58.5 Å². The van der Waals surface area contributed by atoms with E-state index in [2.05, 4.69) is 60.6 Å². The molecule has 2 atom stereocenters. The molecule has 1 heterocycles. The lowest BCUT2D eigenvalue weighted by Crippen LogP contribution is -2.37. The Labute approximate surface area is 130 Å². The van der Waals surface area contributed by atoms with Gasteiger partial charge in [0.05, 0.1) is 0 Å². The van der Waals surface area contributed by atoms with E-state index >= 15 is 0 Å². The highest BCUT2D eigenvalue weighted by Gasteiger charge is 2.15. The molecule has 3 nitrogen and oxygen atoms in total. The Morgan fingerprint density at radius 3 is 2.48 bits per heavy atom. The van der Waals surface area contributed by atoms with Gasteiger partial charge in [-0.3, -0.25) is 0 Å². The lowest BCUT2D eigenvalue weighted by Gasteiger charge is -2.27. The molecular weight excluding hydrogens is 258 g/mol. The van der Waals surface area contributed by atoms with Crippen molar-refractivity contribution in [1.29, 1.82) is 0 Å². The molecule has 1 aromatic carbocycles. The van der Waals surface area contributed by atoms with Gasteiger partial charge in [0.2, 0.25) is 0 Å². The Hall–Kier alpha value is -1.22. The Morgan fingerprint density at radius 1 is 1.19 bits per heavy atom. The van der Waals surface area contributed by atoms with Crippen LogP contribution in [0.5, 0.6) is 0 Å². The van der Waals surface area contributed by atoms with Crippen LogP contribution in [0.25, 0.3) is 0 Å². The van der Waals surface area contributed by atoms with Gasteiger partial charge in [-0.25, -0.2) is 0 Å². The fraction of sp³-hybridized carbons (Fsp3) is 0.667. The molecule has 118 valence electrons. The fourth-order valence-electron chi connectivity index (χ4n) is 3.25. The number of benzene rings is 1. The van der Waals surface area contributed by atoms with Crippen molar-refractivity contribution in [1.82, 2.24) is 5.32 Å². The van der Waals surface area contributed by atoms with E-state index in [0.717, 1.165) is 13.1 Å². The number of rotatable bonds is 7. The highest BCUT2D eigenvalue weighted by Crippen LogP contribution is 2.20. The summed E-state index contributed by atoms with van der Waals surface area (Å²) < 4.78 is 0. The Kier molecular flexibility index (Phi) is 6.37. The Morgan fingerprint density at radius 2 is 1.90 bits per heavy atom. The molecule has 0 aliphatic carbocycles. The molecule has 1 saturated heterocycles. The van der Waals surface area contributed by atoms with Crippen molar-refractivity contribution >= 4 is 11.4 Å². The Bertz CT molecular complexity index is 391. The van der Waals surface area contributed by atoms with Gasteiger partial charge in [0.1, 0.15) is 0 Å². The van der Waals surface area contributed by atoms with Gasteiger partial charge in [-0.15, -0.1) is 0 Å². The largest absolute Gasteiger partial charge is 0.383 e. The molecular formula is C18H31N3. The van der Waals surface area contributed by atoms with Crippen LogP contribution in [-0.4, -0.2) is 31.7 Å². The zero-order valence-corrected chi connectivity index (χ0v) is 13.9. The maximum Gasteiger partial charge on any atom is 0.0367 e. The van der Waals surface area contributed by atoms with Gasteiger partial charge in [-0.05, 0) is 70.8 Å². The predicted octanol–water partition coefficient (Wildman–Crippen LogP) is 3.87. The smallest absolute Gasteiger partial charge is 0.0367 e. The topological polar surface area (TPSA) is 27.3 Å². The van der Waals surface area contributed by atoms with Crippen LogP contribution < -0.4 is 15.5 Å². The molecule has 1 aliphatic heterocycles. The molecule has 0 amide bonds. The van der Waals surface area contributed by atoms with Crippen LogP contribution in [-0.2, 0) is 0 Å². The maximum absolute atomic E-state index is 3.63. The fourth-order valence-corrected chi connectivity index (χ4v) is 3.25. The van der Waals surface area contributed by atoms with Crippen molar-refractivity contribution in [3.8, 4) is 0 Å². The van der Waals surface area contributed by atoms with Gasteiger partial charge < -0.3 is 15.5 Å². The van der Waals surface area contributed by atoms with Crippen LogP contribution in [0.4, 0.5) is 11.4 Å². The van der Waals surface area contributed by atoms with Gasteiger partial charge in [0.15, 0.2) is 0 Å². The van der Waals surface area contributed by atoms with E-state index in [1.165, 1.54) is 43.6 Å². The minimum Gasteiger partial charge on any atom is -0.383 e. The number of anilines is 2. The summed E-state index contributed by atoms with van der Waals surface area (Å²) >= 11 is 0. The summed E-state index contributed by atoms with van der Waals surface area (Å²) in [6.45, 7) is 10.0. The van der Waals surface area contributed by atoms with Crippen LogP contribution in [0.15, 0.2) is 24.3 Å². The van der Waals surface area contributed by atoms with Gasteiger partial charge in [-0.1, -0.05) is 6.42 Å². The Balaban J connectivity index is 1.84. The molecule has 1 aromatic rings. The third kappa shape index (κ3) is 4.92. The monoisotopic (exact) mass is 289 g/mol. The number of piperidine rings is 1. The SMILES string of the molecule is CCN(CC)c1ccc(NC(C)CC2CCCCN2)cc1. The second kappa shape index (κ2) is 8.28. The summed E-state index contributed by atoms with van der Waals surface area (Å²) in [5.74, 6) is 0. The van der Waals surface area contributed by atoms with Crippen LogP contribution in [0, 0.1) is 0 Å². The highest BCUT2D eigenvalue weighted by molar-refractivity contribution is 5.55. The summed E-state index contributed by atoms with van der Waals surface area (Å²) in [5.41, 5.74) is 2.54. The number of nitrogens with zero attached hydrogens (tertiary/aromatic N) is 1. The molecule has 0 spiro atoms. The van der Waals surface area contributed by atoms with Crippen molar-refractivity contribution in [2.75, 3.05) is 29.9 Å². The molecule has 2 N–H and O–H groups in total. The third-order valence-corrected chi connectivity index (χ3v) is 4.46. The predicted molar refractivity (Wildman–Crippen MR) is 93.3 cm³/mol. The quantitative estimate of drug-likeness (QED) is 0.798. The van der Waals surface area contributed by atoms with Crippen molar-refractivity contribution in [2.24, 2.45) is 0 Å². The number of hydrogen-bond acceptors (Lipinski definition) is 3. The summed E-state index contributed by atoms with van der Waals surface area (Å²) in [6, 6.07) is 10.1. The minimum absolute atomic E-state index is 0.514. The molecule has 3 heteroatoms. The van der Waals surface area contributed by atoms with E-state index in [9.17, 15) is 0 Å². The average molecular weight is 289 g/mol. The third-order valence-electron chi connectivity index (χ3n) is 4.46. The van der Waals surface area contributed by atoms with E-state index in [1.807, 2.05) is 0 Å². The summed E-state index contributed by atoms with van der Waals surface area (Å²) in [4.78, 5) is 2.37. The molecule has 0 saturated carbocycles. The van der Waals surface area contributed by atoms with E-state index in [1.54, 1.807) is 0 Å².